The Morgan fingerprint density at radius 1 is 1.37 bits per heavy atom. The zero-order chi connectivity index (χ0) is 19.0. The number of carbonyl (C=O) groups excluding carboxylic acids is 1. The Hall–Kier alpha value is -2.37. The molecule has 1 aliphatic heterocycles. The normalized spacial score (nSPS) is 23.0. The maximum absolute atomic E-state index is 12.9. The van der Waals surface area contributed by atoms with E-state index < -0.39 is 0 Å². The molecule has 1 aliphatic carbocycles. The van der Waals surface area contributed by atoms with Crippen molar-refractivity contribution in [2.24, 2.45) is 0 Å². The molecule has 2 aromatic rings. The van der Waals surface area contributed by atoms with E-state index >= 15 is 0 Å². The summed E-state index contributed by atoms with van der Waals surface area (Å²) in [5.41, 5.74) is 2.18. The zero-order valence-electron chi connectivity index (χ0n) is 16.3. The van der Waals surface area contributed by atoms with Crippen LogP contribution in [0.15, 0.2) is 28.8 Å². The van der Waals surface area contributed by atoms with Crippen molar-refractivity contribution in [3.05, 3.63) is 41.5 Å². The number of amides is 1. The van der Waals surface area contributed by atoms with E-state index in [9.17, 15) is 4.79 Å². The van der Waals surface area contributed by atoms with Gasteiger partial charge in [-0.2, -0.15) is 4.98 Å². The number of carbonyl (C=O) groups is 1. The first-order chi connectivity index (χ1) is 13.1. The quantitative estimate of drug-likeness (QED) is 0.841. The predicted octanol–water partition coefficient (Wildman–Crippen LogP) is 3.74. The summed E-state index contributed by atoms with van der Waals surface area (Å²) in [5.74, 6) is 1.97. The van der Waals surface area contributed by atoms with Gasteiger partial charge >= 0.3 is 0 Å². The fourth-order valence-corrected chi connectivity index (χ4v) is 3.79. The lowest BCUT2D eigenvalue weighted by molar-refractivity contribution is -0.123. The number of fused-ring (bicyclic) bond motifs is 1. The number of rotatable bonds is 6. The van der Waals surface area contributed by atoms with Gasteiger partial charge in [-0.1, -0.05) is 30.3 Å². The molecule has 3 atom stereocenters. The molecule has 2 aliphatic rings. The Morgan fingerprint density at radius 3 is 2.89 bits per heavy atom. The Balaban J connectivity index is 1.57. The zero-order valence-corrected chi connectivity index (χ0v) is 16.3. The van der Waals surface area contributed by atoms with Crippen molar-refractivity contribution in [3.63, 3.8) is 0 Å². The van der Waals surface area contributed by atoms with Crippen molar-refractivity contribution in [2.45, 2.75) is 76.9 Å². The van der Waals surface area contributed by atoms with Crippen molar-refractivity contribution < 1.29 is 9.32 Å². The Morgan fingerprint density at radius 2 is 2.15 bits per heavy atom. The first kappa shape index (κ1) is 18.0. The van der Waals surface area contributed by atoms with Crippen molar-refractivity contribution in [2.75, 3.05) is 4.90 Å². The van der Waals surface area contributed by atoms with E-state index in [2.05, 4.69) is 53.3 Å². The van der Waals surface area contributed by atoms with Gasteiger partial charge < -0.3 is 14.7 Å². The minimum Gasteiger partial charge on any atom is -0.361 e. The summed E-state index contributed by atoms with van der Waals surface area (Å²) < 4.78 is 5.42. The van der Waals surface area contributed by atoms with Gasteiger partial charge in [0.15, 0.2) is 5.82 Å². The standard InChI is InChI=1S/C21H28N4O2/c1-4-13(2)22-20(26)17-11-14(3)25(18-8-6-5-7-16(17)18)12-19-23-21(27-24-19)15-9-10-15/h5-8,13-15,17H,4,9-12H2,1-3H3,(H,22,26). The highest BCUT2D eigenvalue weighted by atomic mass is 16.5. The number of benzene rings is 1. The topological polar surface area (TPSA) is 71.3 Å². The number of hydrogen-bond donors (Lipinski definition) is 1. The van der Waals surface area contributed by atoms with Gasteiger partial charge in [0.2, 0.25) is 11.8 Å². The Labute approximate surface area is 160 Å². The Bertz CT molecular complexity index is 814. The molecule has 27 heavy (non-hydrogen) atoms. The number of nitrogens with one attached hydrogen (secondary N) is 1. The summed E-state index contributed by atoms with van der Waals surface area (Å²) in [4.78, 5) is 19.7. The van der Waals surface area contributed by atoms with Crippen LogP contribution in [0.5, 0.6) is 0 Å². The third-order valence-electron chi connectivity index (χ3n) is 5.77. The second-order valence-electron chi connectivity index (χ2n) is 7.97. The van der Waals surface area contributed by atoms with Crippen LogP contribution in [0, 0.1) is 0 Å². The van der Waals surface area contributed by atoms with Gasteiger partial charge in [0.25, 0.3) is 0 Å². The summed E-state index contributed by atoms with van der Waals surface area (Å²) in [6.07, 6.45) is 4.02. The first-order valence-electron chi connectivity index (χ1n) is 10.0. The molecule has 1 amide bonds. The molecule has 3 unspecified atom stereocenters. The van der Waals surface area contributed by atoms with Crippen molar-refractivity contribution in [1.29, 1.82) is 0 Å². The maximum Gasteiger partial charge on any atom is 0.229 e. The molecular formula is C21H28N4O2. The second kappa shape index (κ2) is 7.33. The molecule has 4 rings (SSSR count). The van der Waals surface area contributed by atoms with E-state index in [1.54, 1.807) is 0 Å². The van der Waals surface area contributed by atoms with Crippen LogP contribution in [0.2, 0.25) is 0 Å². The molecule has 6 heteroatoms. The number of aromatic nitrogens is 2. The molecule has 1 fully saturated rings. The lowest BCUT2D eigenvalue weighted by Gasteiger charge is -2.40. The van der Waals surface area contributed by atoms with E-state index in [-0.39, 0.29) is 23.9 Å². The fraction of sp³-hybridized carbons (Fsp3) is 0.571. The number of anilines is 1. The molecular weight excluding hydrogens is 340 g/mol. The van der Waals surface area contributed by atoms with Gasteiger partial charge in [-0.15, -0.1) is 0 Å². The van der Waals surface area contributed by atoms with E-state index in [0.717, 1.165) is 48.6 Å². The van der Waals surface area contributed by atoms with Crippen LogP contribution >= 0.6 is 0 Å². The molecule has 1 aromatic heterocycles. The molecule has 2 heterocycles. The third-order valence-corrected chi connectivity index (χ3v) is 5.77. The minimum absolute atomic E-state index is 0.117. The summed E-state index contributed by atoms with van der Waals surface area (Å²) >= 11 is 0. The van der Waals surface area contributed by atoms with Crippen LogP contribution in [0.25, 0.3) is 0 Å². The molecule has 1 N–H and O–H groups in total. The van der Waals surface area contributed by atoms with Crippen molar-refractivity contribution >= 4 is 11.6 Å². The van der Waals surface area contributed by atoms with Gasteiger partial charge in [0.05, 0.1) is 12.5 Å². The SMILES string of the molecule is CCC(C)NC(=O)C1CC(C)N(Cc2noc(C3CC3)n2)c2ccccc21. The first-order valence-corrected chi connectivity index (χ1v) is 10.0. The molecule has 0 radical (unpaired) electrons. The van der Waals surface area contributed by atoms with Gasteiger partial charge in [-0.3, -0.25) is 4.79 Å². The largest absolute Gasteiger partial charge is 0.361 e. The minimum atomic E-state index is -0.117. The van der Waals surface area contributed by atoms with E-state index in [4.69, 9.17) is 4.52 Å². The van der Waals surface area contributed by atoms with Gasteiger partial charge in [0, 0.05) is 23.7 Å². The van der Waals surface area contributed by atoms with E-state index in [0.29, 0.717) is 12.5 Å². The fourth-order valence-electron chi connectivity index (χ4n) is 3.79. The van der Waals surface area contributed by atoms with Crippen LogP contribution < -0.4 is 10.2 Å². The molecule has 1 aromatic carbocycles. The predicted molar refractivity (Wildman–Crippen MR) is 104 cm³/mol. The summed E-state index contributed by atoms with van der Waals surface area (Å²) in [6, 6.07) is 8.61. The summed E-state index contributed by atoms with van der Waals surface area (Å²) in [6.45, 7) is 6.91. The van der Waals surface area contributed by atoms with E-state index in [1.165, 1.54) is 0 Å². The lowest BCUT2D eigenvalue weighted by Crippen LogP contribution is -2.44. The molecule has 0 bridgehead atoms. The highest BCUT2D eigenvalue weighted by Crippen LogP contribution is 2.41. The second-order valence-corrected chi connectivity index (χ2v) is 7.97. The van der Waals surface area contributed by atoms with Crippen molar-refractivity contribution in [1.82, 2.24) is 15.5 Å². The van der Waals surface area contributed by atoms with Gasteiger partial charge in [-0.05, 0) is 51.2 Å². The molecule has 0 saturated heterocycles. The average Bonchev–Trinajstić information content (AvgIpc) is 3.42. The monoisotopic (exact) mass is 368 g/mol. The van der Waals surface area contributed by atoms with Crippen LogP contribution in [0.4, 0.5) is 5.69 Å². The van der Waals surface area contributed by atoms with Gasteiger partial charge in [0.1, 0.15) is 0 Å². The molecule has 0 spiro atoms. The number of para-hydroxylation sites is 1. The molecule has 6 nitrogen and oxygen atoms in total. The third kappa shape index (κ3) is 3.70. The van der Waals surface area contributed by atoms with Gasteiger partial charge in [-0.25, -0.2) is 0 Å². The summed E-state index contributed by atoms with van der Waals surface area (Å²) in [5, 5.41) is 7.33. The number of nitrogens with zero attached hydrogens (tertiary/aromatic N) is 3. The summed E-state index contributed by atoms with van der Waals surface area (Å²) in [7, 11) is 0. The molecule has 144 valence electrons. The van der Waals surface area contributed by atoms with Crippen LogP contribution in [-0.2, 0) is 11.3 Å². The lowest BCUT2D eigenvalue weighted by atomic mass is 9.85. The highest BCUT2D eigenvalue weighted by Gasteiger charge is 2.35. The number of hydrogen-bond acceptors (Lipinski definition) is 5. The van der Waals surface area contributed by atoms with Crippen LogP contribution in [-0.4, -0.2) is 28.1 Å². The Kier molecular flexibility index (Phi) is 4.89. The van der Waals surface area contributed by atoms with Crippen LogP contribution in [0.1, 0.15) is 75.6 Å². The van der Waals surface area contributed by atoms with Crippen LogP contribution in [0.3, 0.4) is 0 Å². The maximum atomic E-state index is 12.9. The van der Waals surface area contributed by atoms with E-state index in [1.807, 2.05) is 12.1 Å². The smallest absolute Gasteiger partial charge is 0.229 e. The van der Waals surface area contributed by atoms with Crippen molar-refractivity contribution in [3.8, 4) is 0 Å². The molecule has 1 saturated carbocycles. The average molecular weight is 368 g/mol. The highest BCUT2D eigenvalue weighted by molar-refractivity contribution is 5.86.